The number of hydrogen-bond acceptors (Lipinski definition) is 2. The predicted molar refractivity (Wildman–Crippen MR) is 57.6 cm³/mol. The van der Waals surface area contributed by atoms with Crippen LogP contribution in [0.15, 0.2) is 35.2 Å². The van der Waals surface area contributed by atoms with E-state index in [9.17, 15) is 8.42 Å². The summed E-state index contributed by atoms with van der Waals surface area (Å²) in [6.45, 7) is 0. The van der Waals surface area contributed by atoms with E-state index in [0.29, 0.717) is 0 Å². The molecule has 0 unspecified atom stereocenters. The average molecular weight is 278 g/mol. The zero-order valence-corrected chi connectivity index (χ0v) is 9.85. The Hall–Kier alpha value is 0. The summed E-state index contributed by atoms with van der Waals surface area (Å²) in [5.74, 6) is 0. The fourth-order valence-corrected chi connectivity index (χ4v) is 1.09. The normalized spacial score (nSPS) is 10.6. The van der Waals surface area contributed by atoms with Crippen LogP contribution < -0.4 is 0 Å². The number of hydrogen-bond donors (Lipinski definition) is 1. The lowest BCUT2D eigenvalue weighted by molar-refractivity contribution is 0.483. The maximum atomic E-state index is 10.4. The smallest absolute Gasteiger partial charge is 0.282 e. The van der Waals surface area contributed by atoms with Crippen molar-refractivity contribution in [3.63, 3.8) is 0 Å². The van der Waals surface area contributed by atoms with Crippen molar-refractivity contribution >= 4 is 44.9 Å². The van der Waals surface area contributed by atoms with Crippen LogP contribution >= 0.6 is 34.8 Å². The van der Waals surface area contributed by atoms with Crippen LogP contribution in [0.1, 0.15) is 0 Å². The number of rotatable bonds is 1. The third kappa shape index (κ3) is 7.41. The van der Waals surface area contributed by atoms with Gasteiger partial charge in [0.15, 0.2) is 4.30 Å². The first-order valence-corrected chi connectivity index (χ1v) is 6.03. The first-order chi connectivity index (χ1) is 6.34. The van der Waals surface area contributed by atoms with Crippen LogP contribution in [-0.2, 0) is 10.1 Å². The van der Waals surface area contributed by atoms with Gasteiger partial charge in [0.25, 0.3) is 10.1 Å². The molecule has 1 rings (SSSR count). The quantitative estimate of drug-likeness (QED) is 0.634. The van der Waals surface area contributed by atoms with E-state index < -0.39 is 14.4 Å². The van der Waals surface area contributed by atoms with Gasteiger partial charge in [0.2, 0.25) is 0 Å². The molecule has 0 amide bonds. The molecule has 7 heteroatoms. The highest BCUT2D eigenvalue weighted by atomic mass is 35.6. The minimum absolute atomic E-state index is 0.0741. The Morgan fingerprint density at radius 1 is 1.07 bits per heavy atom. The molecule has 1 aromatic rings. The molecule has 0 aromatic heterocycles. The van der Waals surface area contributed by atoms with Crippen molar-refractivity contribution in [2.75, 3.05) is 0 Å². The molecule has 14 heavy (non-hydrogen) atoms. The highest BCUT2D eigenvalue weighted by Gasteiger charge is 2.05. The molecule has 0 aliphatic carbocycles. The molecule has 80 valence electrons. The van der Waals surface area contributed by atoms with Crippen LogP contribution in [0.25, 0.3) is 0 Å². The molecule has 0 saturated heterocycles. The van der Waals surface area contributed by atoms with Crippen LogP contribution in [0.4, 0.5) is 0 Å². The van der Waals surface area contributed by atoms with Gasteiger partial charge in [-0.3, -0.25) is 4.55 Å². The van der Waals surface area contributed by atoms with Crippen molar-refractivity contribution in [3.8, 4) is 0 Å². The van der Waals surface area contributed by atoms with Crippen LogP contribution in [0, 0.1) is 0 Å². The maximum Gasteiger partial charge on any atom is 0.294 e. The molecule has 0 aliphatic heterocycles. The van der Waals surface area contributed by atoms with Crippen molar-refractivity contribution < 1.29 is 13.0 Å². The van der Waals surface area contributed by atoms with Crippen molar-refractivity contribution in [2.45, 2.75) is 9.19 Å². The Morgan fingerprint density at radius 3 is 1.64 bits per heavy atom. The SMILES string of the molecule is ClC(Cl)Cl.O=S(=O)(O)c1ccccc1. The first-order valence-electron chi connectivity index (χ1n) is 3.29. The second-order valence-corrected chi connectivity index (χ2v) is 5.44. The van der Waals surface area contributed by atoms with E-state index in [1.165, 1.54) is 12.1 Å². The summed E-state index contributed by atoms with van der Waals surface area (Å²) in [5, 5.41) is 0. The molecule has 0 saturated carbocycles. The molecule has 0 spiro atoms. The number of halogens is 3. The van der Waals surface area contributed by atoms with E-state index in [-0.39, 0.29) is 4.90 Å². The zero-order chi connectivity index (χ0) is 11.2. The van der Waals surface area contributed by atoms with E-state index in [1.54, 1.807) is 18.2 Å². The summed E-state index contributed by atoms with van der Waals surface area (Å²) >= 11 is 14.4. The minimum atomic E-state index is -4.00. The standard InChI is InChI=1S/C6H6O3S.CHCl3/c7-10(8,9)6-4-2-1-3-5-6;2-1(3)4/h1-5H,(H,7,8,9);1H. The lowest BCUT2D eigenvalue weighted by Crippen LogP contribution is -1.96. The van der Waals surface area contributed by atoms with E-state index in [4.69, 9.17) is 39.4 Å². The minimum Gasteiger partial charge on any atom is -0.282 e. The largest absolute Gasteiger partial charge is 0.294 e. The molecule has 0 atom stereocenters. The van der Waals surface area contributed by atoms with Crippen LogP contribution in [0.5, 0.6) is 0 Å². The molecular weight excluding hydrogens is 270 g/mol. The van der Waals surface area contributed by atoms with Crippen molar-refractivity contribution in [1.29, 1.82) is 0 Å². The van der Waals surface area contributed by atoms with Gasteiger partial charge in [-0.25, -0.2) is 0 Å². The molecule has 1 aromatic carbocycles. The third-order valence-electron chi connectivity index (χ3n) is 1.04. The predicted octanol–water partition coefficient (Wildman–Crippen LogP) is 2.92. The molecule has 0 radical (unpaired) electrons. The lowest BCUT2D eigenvalue weighted by atomic mass is 10.4. The fourth-order valence-electron chi connectivity index (χ4n) is 0.592. The van der Waals surface area contributed by atoms with Gasteiger partial charge in [0.1, 0.15) is 0 Å². The average Bonchev–Trinajstić information content (AvgIpc) is 2.03. The van der Waals surface area contributed by atoms with E-state index >= 15 is 0 Å². The first kappa shape index (κ1) is 14.0. The summed E-state index contributed by atoms with van der Waals surface area (Å²) in [4.78, 5) is -0.0741. The van der Waals surface area contributed by atoms with Gasteiger partial charge in [0, 0.05) is 0 Å². The lowest BCUT2D eigenvalue weighted by Gasteiger charge is -1.92. The summed E-state index contributed by atoms with van der Waals surface area (Å²) in [7, 11) is -4.00. The van der Waals surface area contributed by atoms with Gasteiger partial charge in [-0.1, -0.05) is 53.0 Å². The Kier molecular flexibility index (Phi) is 6.48. The number of alkyl halides is 3. The van der Waals surface area contributed by atoms with Crippen molar-refractivity contribution in [2.24, 2.45) is 0 Å². The van der Waals surface area contributed by atoms with Gasteiger partial charge in [-0.2, -0.15) is 8.42 Å². The molecule has 1 N–H and O–H groups in total. The van der Waals surface area contributed by atoms with E-state index in [2.05, 4.69) is 0 Å². The summed E-state index contributed by atoms with van der Waals surface area (Å²) in [5.41, 5.74) is 0. The monoisotopic (exact) mass is 276 g/mol. The van der Waals surface area contributed by atoms with E-state index in [1.807, 2.05) is 0 Å². The molecule has 0 heterocycles. The van der Waals surface area contributed by atoms with Crippen molar-refractivity contribution in [3.05, 3.63) is 30.3 Å². The fraction of sp³-hybridized carbons (Fsp3) is 0.143. The Balaban J connectivity index is 0.000000364. The maximum absolute atomic E-state index is 10.4. The third-order valence-corrected chi connectivity index (χ3v) is 1.91. The van der Waals surface area contributed by atoms with Crippen LogP contribution in [-0.4, -0.2) is 17.3 Å². The Bertz CT molecular complexity index is 347. The Labute approximate surface area is 97.3 Å². The molecular formula is C7H7Cl3O3S. The number of benzene rings is 1. The molecule has 3 nitrogen and oxygen atoms in total. The zero-order valence-electron chi connectivity index (χ0n) is 6.77. The van der Waals surface area contributed by atoms with Gasteiger partial charge < -0.3 is 0 Å². The summed E-state index contributed by atoms with van der Waals surface area (Å²) in [6.07, 6.45) is 0. The van der Waals surface area contributed by atoms with Gasteiger partial charge in [0.05, 0.1) is 4.90 Å². The molecule has 0 aliphatic rings. The second-order valence-electron chi connectivity index (χ2n) is 2.04. The topological polar surface area (TPSA) is 54.4 Å². The second kappa shape index (κ2) is 6.48. The van der Waals surface area contributed by atoms with Crippen LogP contribution in [0.3, 0.4) is 0 Å². The highest BCUT2D eigenvalue weighted by Crippen LogP contribution is 2.05. The summed E-state index contributed by atoms with van der Waals surface area (Å²) < 4.78 is 28.5. The van der Waals surface area contributed by atoms with Gasteiger partial charge in [-0.05, 0) is 12.1 Å². The summed E-state index contributed by atoms with van der Waals surface area (Å²) in [6, 6.07) is 7.42. The van der Waals surface area contributed by atoms with Crippen molar-refractivity contribution in [1.82, 2.24) is 0 Å². The molecule has 0 bridgehead atoms. The van der Waals surface area contributed by atoms with Gasteiger partial charge in [-0.15, -0.1) is 0 Å². The van der Waals surface area contributed by atoms with Gasteiger partial charge >= 0.3 is 0 Å². The van der Waals surface area contributed by atoms with E-state index in [0.717, 1.165) is 0 Å². The van der Waals surface area contributed by atoms with Crippen LogP contribution in [0.2, 0.25) is 0 Å². The highest BCUT2D eigenvalue weighted by molar-refractivity contribution is 7.85. The molecule has 0 fully saturated rings. The Morgan fingerprint density at radius 2 is 1.43 bits per heavy atom.